The quantitative estimate of drug-likeness (QED) is 0.118. The highest BCUT2D eigenvalue weighted by Gasteiger charge is 2.42. The molecule has 2 heterocycles. The monoisotopic (exact) mass is 732 g/mol. The standard InChI is InChI=1S/C48H40N6O2/c1-2-31-53(45-44(47(55)56)32-38(33-49-45)36-17-7-3-8-18-36)34-35-27-29-37(30-28-35)42-25-15-16-26-43(42)46-50-51-52-54(46)48(39-19-9-4-10-20-39,40-21-11-5-12-22-40)41-23-13-6-14-24-41/h3-30,32-33H,2,31,34H2,1H3,(H,55,56). The van der Waals surface area contributed by atoms with Gasteiger partial charge in [-0.1, -0.05) is 177 Å². The molecule has 2 aromatic heterocycles. The Labute approximate surface area is 326 Å². The Morgan fingerprint density at radius 2 is 1.18 bits per heavy atom. The summed E-state index contributed by atoms with van der Waals surface area (Å²) < 4.78 is 1.96. The van der Waals surface area contributed by atoms with Gasteiger partial charge in [0.05, 0.1) is 0 Å². The molecule has 56 heavy (non-hydrogen) atoms. The molecule has 8 heteroatoms. The number of aromatic carboxylic acids is 1. The Kier molecular flexibility index (Phi) is 10.3. The zero-order valence-corrected chi connectivity index (χ0v) is 31.0. The highest BCUT2D eigenvalue weighted by Crippen LogP contribution is 2.43. The van der Waals surface area contributed by atoms with Crippen LogP contribution in [-0.4, -0.2) is 42.8 Å². The van der Waals surface area contributed by atoms with Crippen LogP contribution in [-0.2, 0) is 12.1 Å². The summed E-state index contributed by atoms with van der Waals surface area (Å²) in [5, 5.41) is 24.1. The molecule has 0 saturated carbocycles. The number of benzene rings is 6. The van der Waals surface area contributed by atoms with Crippen molar-refractivity contribution in [2.45, 2.75) is 25.4 Å². The van der Waals surface area contributed by atoms with Gasteiger partial charge in [0.2, 0.25) is 0 Å². The van der Waals surface area contributed by atoms with Crippen molar-refractivity contribution >= 4 is 11.8 Å². The number of nitrogens with zero attached hydrogens (tertiary/aromatic N) is 6. The van der Waals surface area contributed by atoms with E-state index >= 15 is 0 Å². The lowest BCUT2D eigenvalue weighted by molar-refractivity contribution is 0.0697. The molecule has 0 aliphatic heterocycles. The first-order valence-corrected chi connectivity index (χ1v) is 18.8. The molecular formula is C48H40N6O2. The van der Waals surface area contributed by atoms with E-state index in [-0.39, 0.29) is 5.56 Å². The molecule has 274 valence electrons. The van der Waals surface area contributed by atoms with Gasteiger partial charge in [-0.2, -0.15) is 0 Å². The molecule has 0 atom stereocenters. The molecule has 8 rings (SSSR count). The van der Waals surface area contributed by atoms with Crippen LogP contribution in [0.25, 0.3) is 33.6 Å². The zero-order chi connectivity index (χ0) is 38.3. The van der Waals surface area contributed by atoms with E-state index in [1.165, 1.54) is 0 Å². The van der Waals surface area contributed by atoms with Crippen LogP contribution < -0.4 is 4.90 Å². The topological polar surface area (TPSA) is 97.0 Å². The van der Waals surface area contributed by atoms with E-state index in [4.69, 9.17) is 15.3 Å². The first kappa shape index (κ1) is 35.8. The molecule has 0 bridgehead atoms. The van der Waals surface area contributed by atoms with E-state index in [1.54, 1.807) is 12.3 Å². The fraction of sp³-hybridized carbons (Fsp3) is 0.104. The number of anilines is 1. The van der Waals surface area contributed by atoms with Gasteiger partial charge in [0.15, 0.2) is 5.82 Å². The maximum atomic E-state index is 12.5. The Balaban J connectivity index is 1.17. The highest BCUT2D eigenvalue weighted by atomic mass is 16.4. The lowest BCUT2D eigenvalue weighted by atomic mass is 9.77. The number of carboxylic acid groups (broad SMARTS) is 1. The summed E-state index contributed by atoms with van der Waals surface area (Å²) in [4.78, 5) is 19.3. The van der Waals surface area contributed by atoms with E-state index in [0.29, 0.717) is 24.7 Å². The average molecular weight is 733 g/mol. The number of hydrogen-bond acceptors (Lipinski definition) is 6. The number of tetrazole rings is 1. The summed E-state index contributed by atoms with van der Waals surface area (Å²) in [5.74, 6) is 0.0806. The molecular weight excluding hydrogens is 693 g/mol. The fourth-order valence-electron chi connectivity index (χ4n) is 7.61. The smallest absolute Gasteiger partial charge is 0.339 e. The molecule has 1 N–H and O–H groups in total. The van der Waals surface area contributed by atoms with Crippen LogP contribution >= 0.6 is 0 Å². The Morgan fingerprint density at radius 1 is 0.643 bits per heavy atom. The summed E-state index contributed by atoms with van der Waals surface area (Å²) in [6.07, 6.45) is 2.59. The minimum absolute atomic E-state index is 0.181. The van der Waals surface area contributed by atoms with E-state index in [0.717, 1.165) is 56.5 Å². The van der Waals surface area contributed by atoms with Crippen LogP contribution in [0.4, 0.5) is 5.82 Å². The second-order valence-corrected chi connectivity index (χ2v) is 13.7. The summed E-state index contributed by atoms with van der Waals surface area (Å²) >= 11 is 0. The summed E-state index contributed by atoms with van der Waals surface area (Å²) in [5.41, 5.74) is 7.98. The lowest BCUT2D eigenvalue weighted by Gasteiger charge is -2.36. The molecule has 0 radical (unpaired) electrons. The Bertz CT molecular complexity index is 2440. The summed E-state index contributed by atoms with van der Waals surface area (Å²) in [6, 6.07) is 59.2. The molecule has 0 unspecified atom stereocenters. The molecule has 0 aliphatic rings. The molecule has 0 saturated heterocycles. The third-order valence-electron chi connectivity index (χ3n) is 10.2. The Hall–Kier alpha value is -7.19. The van der Waals surface area contributed by atoms with Crippen LogP contribution in [0.3, 0.4) is 0 Å². The molecule has 0 amide bonds. The van der Waals surface area contributed by atoms with Crippen molar-refractivity contribution in [3.8, 4) is 33.6 Å². The molecule has 8 aromatic rings. The van der Waals surface area contributed by atoms with E-state index in [1.807, 2.05) is 70.2 Å². The minimum atomic E-state index is -1.00. The van der Waals surface area contributed by atoms with Crippen molar-refractivity contribution in [2.75, 3.05) is 11.4 Å². The summed E-state index contributed by atoms with van der Waals surface area (Å²) in [7, 11) is 0. The van der Waals surface area contributed by atoms with Crippen LogP contribution in [0.5, 0.6) is 0 Å². The van der Waals surface area contributed by atoms with Crippen molar-refractivity contribution in [2.24, 2.45) is 0 Å². The van der Waals surface area contributed by atoms with Crippen molar-refractivity contribution in [3.05, 3.63) is 210 Å². The van der Waals surface area contributed by atoms with Gasteiger partial charge in [-0.05, 0) is 61.9 Å². The summed E-state index contributed by atoms with van der Waals surface area (Å²) in [6.45, 7) is 3.23. The lowest BCUT2D eigenvalue weighted by Crippen LogP contribution is -2.39. The molecule has 0 spiro atoms. The predicted octanol–water partition coefficient (Wildman–Crippen LogP) is 10.0. The van der Waals surface area contributed by atoms with Crippen molar-refractivity contribution in [1.29, 1.82) is 0 Å². The number of aromatic nitrogens is 5. The third-order valence-corrected chi connectivity index (χ3v) is 10.2. The first-order chi connectivity index (χ1) is 27.6. The Morgan fingerprint density at radius 3 is 1.73 bits per heavy atom. The second-order valence-electron chi connectivity index (χ2n) is 13.7. The molecule has 8 nitrogen and oxygen atoms in total. The number of carbonyl (C=O) groups is 1. The largest absolute Gasteiger partial charge is 0.478 e. The normalized spacial score (nSPS) is 11.3. The SMILES string of the molecule is CCCN(Cc1ccc(-c2ccccc2-c2nnnn2C(c2ccccc2)(c2ccccc2)c2ccccc2)cc1)c1ncc(-c2ccccc2)cc1C(=O)O. The highest BCUT2D eigenvalue weighted by molar-refractivity contribution is 5.95. The van der Waals surface area contributed by atoms with Gasteiger partial charge in [-0.15, -0.1) is 5.10 Å². The van der Waals surface area contributed by atoms with E-state index in [2.05, 4.69) is 121 Å². The molecule has 0 aliphatic carbocycles. The van der Waals surface area contributed by atoms with Gasteiger partial charge in [-0.25, -0.2) is 14.5 Å². The molecule has 6 aromatic carbocycles. The maximum absolute atomic E-state index is 12.5. The number of rotatable bonds is 13. The second kappa shape index (κ2) is 16.0. The van der Waals surface area contributed by atoms with Gasteiger partial charge in [0.25, 0.3) is 0 Å². The van der Waals surface area contributed by atoms with E-state index in [9.17, 15) is 9.90 Å². The fourth-order valence-corrected chi connectivity index (χ4v) is 7.61. The zero-order valence-electron chi connectivity index (χ0n) is 31.0. The van der Waals surface area contributed by atoms with Crippen molar-refractivity contribution in [1.82, 2.24) is 25.2 Å². The van der Waals surface area contributed by atoms with Gasteiger partial charge in [0, 0.05) is 30.4 Å². The van der Waals surface area contributed by atoms with E-state index < -0.39 is 11.5 Å². The predicted molar refractivity (Wildman–Crippen MR) is 221 cm³/mol. The van der Waals surface area contributed by atoms with Crippen LogP contribution in [0.2, 0.25) is 0 Å². The van der Waals surface area contributed by atoms with Gasteiger partial charge >= 0.3 is 5.97 Å². The minimum Gasteiger partial charge on any atom is -0.478 e. The van der Waals surface area contributed by atoms with Crippen LogP contribution in [0.1, 0.15) is 46.0 Å². The van der Waals surface area contributed by atoms with Crippen LogP contribution in [0, 0.1) is 0 Å². The van der Waals surface area contributed by atoms with Gasteiger partial charge in [0.1, 0.15) is 16.9 Å². The maximum Gasteiger partial charge on any atom is 0.339 e. The van der Waals surface area contributed by atoms with Gasteiger partial charge < -0.3 is 10.0 Å². The van der Waals surface area contributed by atoms with Gasteiger partial charge in [-0.3, -0.25) is 0 Å². The number of hydrogen-bond donors (Lipinski definition) is 1. The van der Waals surface area contributed by atoms with Crippen molar-refractivity contribution < 1.29 is 9.90 Å². The molecule has 0 fully saturated rings. The average Bonchev–Trinajstić information content (AvgIpc) is 3.75. The van der Waals surface area contributed by atoms with Crippen LogP contribution in [0.15, 0.2) is 182 Å². The first-order valence-electron chi connectivity index (χ1n) is 18.8. The van der Waals surface area contributed by atoms with Crippen molar-refractivity contribution in [3.63, 3.8) is 0 Å². The third kappa shape index (κ3) is 6.84. The number of carboxylic acids is 1. The number of pyridine rings is 1.